The zero-order valence-electron chi connectivity index (χ0n) is 7.36. The molecule has 0 spiro atoms. The molecule has 1 fully saturated rings. The van der Waals surface area contributed by atoms with E-state index in [9.17, 15) is 14.3 Å². The fraction of sp³-hybridized carbons (Fsp3) is 0.875. The average molecular weight is 208 g/mol. The van der Waals surface area contributed by atoms with Crippen LogP contribution in [-0.2, 0) is 4.79 Å². The smallest absolute Gasteiger partial charge is 0.341 e. The number of carbonyl (C=O) groups is 1. The Morgan fingerprint density at radius 2 is 2.38 bits per heavy atom. The predicted octanol–water partition coefficient (Wildman–Crippen LogP) is 1.06. The van der Waals surface area contributed by atoms with Gasteiger partial charge in [0.2, 0.25) is 6.17 Å². The van der Waals surface area contributed by atoms with E-state index in [1.807, 2.05) is 0 Å². The Morgan fingerprint density at radius 1 is 1.77 bits per heavy atom. The van der Waals surface area contributed by atoms with E-state index in [4.69, 9.17) is 5.11 Å². The molecule has 0 amide bonds. The van der Waals surface area contributed by atoms with Gasteiger partial charge in [-0.3, -0.25) is 0 Å². The lowest BCUT2D eigenvalue weighted by molar-refractivity contribution is -0.155. The van der Waals surface area contributed by atoms with Crippen LogP contribution in [0.5, 0.6) is 0 Å². The molecule has 3 atom stereocenters. The SMILES string of the molecule is CC1SCCCC1(O)C(F)C(=O)O. The van der Waals surface area contributed by atoms with E-state index in [1.165, 1.54) is 11.8 Å². The van der Waals surface area contributed by atoms with Gasteiger partial charge >= 0.3 is 5.97 Å². The first-order chi connectivity index (χ1) is 5.98. The molecule has 2 N–H and O–H groups in total. The molecule has 0 bridgehead atoms. The third kappa shape index (κ3) is 1.96. The average Bonchev–Trinajstić information content (AvgIpc) is 2.09. The van der Waals surface area contributed by atoms with E-state index in [0.29, 0.717) is 6.42 Å². The molecular weight excluding hydrogens is 195 g/mol. The van der Waals surface area contributed by atoms with E-state index in [-0.39, 0.29) is 11.7 Å². The molecule has 0 radical (unpaired) electrons. The molecule has 3 nitrogen and oxygen atoms in total. The van der Waals surface area contributed by atoms with E-state index < -0.39 is 17.7 Å². The first-order valence-corrected chi connectivity index (χ1v) is 5.24. The fourth-order valence-corrected chi connectivity index (χ4v) is 2.70. The summed E-state index contributed by atoms with van der Waals surface area (Å²) in [4.78, 5) is 10.4. The molecule has 13 heavy (non-hydrogen) atoms. The van der Waals surface area contributed by atoms with Crippen LogP contribution >= 0.6 is 11.8 Å². The lowest BCUT2D eigenvalue weighted by atomic mass is 9.89. The predicted molar refractivity (Wildman–Crippen MR) is 48.6 cm³/mol. The lowest BCUT2D eigenvalue weighted by Gasteiger charge is -2.38. The van der Waals surface area contributed by atoms with Crippen molar-refractivity contribution in [3.63, 3.8) is 0 Å². The highest BCUT2D eigenvalue weighted by molar-refractivity contribution is 8.00. The maximum Gasteiger partial charge on any atom is 0.341 e. The van der Waals surface area contributed by atoms with Gasteiger partial charge in [-0.05, 0) is 18.6 Å². The largest absolute Gasteiger partial charge is 0.479 e. The van der Waals surface area contributed by atoms with Gasteiger partial charge < -0.3 is 10.2 Å². The van der Waals surface area contributed by atoms with Crippen LogP contribution in [0.4, 0.5) is 4.39 Å². The second-order valence-electron chi connectivity index (χ2n) is 3.31. The minimum absolute atomic E-state index is 0.231. The highest BCUT2D eigenvalue weighted by Gasteiger charge is 2.47. The van der Waals surface area contributed by atoms with Crippen molar-refractivity contribution in [1.82, 2.24) is 0 Å². The summed E-state index contributed by atoms with van der Waals surface area (Å²) in [7, 11) is 0. The molecule has 3 unspecified atom stereocenters. The second kappa shape index (κ2) is 3.84. The monoisotopic (exact) mass is 208 g/mol. The van der Waals surface area contributed by atoms with Crippen LogP contribution in [0.1, 0.15) is 19.8 Å². The van der Waals surface area contributed by atoms with Gasteiger partial charge in [0.25, 0.3) is 0 Å². The van der Waals surface area contributed by atoms with E-state index in [1.54, 1.807) is 6.92 Å². The van der Waals surface area contributed by atoms with E-state index >= 15 is 0 Å². The zero-order chi connectivity index (χ0) is 10.1. The molecule has 1 aliphatic heterocycles. The summed E-state index contributed by atoms with van der Waals surface area (Å²) in [5.74, 6) is -0.715. The van der Waals surface area contributed by atoms with Crippen LogP contribution < -0.4 is 0 Å². The molecule has 1 heterocycles. The second-order valence-corrected chi connectivity index (χ2v) is 4.76. The van der Waals surface area contributed by atoms with Gasteiger partial charge in [-0.25, -0.2) is 9.18 Å². The summed E-state index contributed by atoms with van der Waals surface area (Å²) >= 11 is 1.42. The van der Waals surface area contributed by atoms with Crippen LogP contribution in [0.15, 0.2) is 0 Å². The maximum atomic E-state index is 13.2. The van der Waals surface area contributed by atoms with Gasteiger partial charge in [-0.2, -0.15) is 11.8 Å². The Balaban J connectivity index is 2.77. The van der Waals surface area contributed by atoms with Crippen molar-refractivity contribution in [3.8, 4) is 0 Å². The summed E-state index contributed by atoms with van der Waals surface area (Å²) in [5, 5.41) is 17.9. The minimum atomic E-state index is -2.17. The number of aliphatic hydroxyl groups is 1. The number of halogens is 1. The molecule has 0 aromatic heterocycles. The maximum absolute atomic E-state index is 13.2. The molecule has 5 heteroatoms. The summed E-state index contributed by atoms with van der Waals surface area (Å²) in [5.41, 5.74) is -1.69. The van der Waals surface area contributed by atoms with Crippen molar-refractivity contribution in [2.75, 3.05) is 5.75 Å². The summed E-state index contributed by atoms with van der Waals surface area (Å²) in [6.07, 6.45) is -1.27. The number of hydrogen-bond acceptors (Lipinski definition) is 3. The van der Waals surface area contributed by atoms with Crippen LogP contribution in [0.2, 0.25) is 0 Å². The molecule has 0 saturated carbocycles. The number of carboxylic acid groups (broad SMARTS) is 1. The third-order valence-electron chi connectivity index (χ3n) is 2.45. The van der Waals surface area contributed by atoms with Crippen molar-refractivity contribution >= 4 is 17.7 Å². The van der Waals surface area contributed by atoms with E-state index in [0.717, 1.165) is 5.75 Å². The number of alkyl halides is 1. The Bertz CT molecular complexity index is 212. The summed E-state index contributed by atoms with van der Waals surface area (Å²) < 4.78 is 13.2. The van der Waals surface area contributed by atoms with Crippen molar-refractivity contribution in [2.45, 2.75) is 36.8 Å². The lowest BCUT2D eigenvalue weighted by Crippen LogP contribution is -2.52. The number of hydrogen-bond donors (Lipinski definition) is 2. The van der Waals surface area contributed by atoms with Gasteiger partial charge in [0.15, 0.2) is 0 Å². The van der Waals surface area contributed by atoms with Crippen molar-refractivity contribution in [3.05, 3.63) is 0 Å². The van der Waals surface area contributed by atoms with Crippen LogP contribution in [0.25, 0.3) is 0 Å². The molecule has 0 aromatic carbocycles. The van der Waals surface area contributed by atoms with Gasteiger partial charge in [-0.1, -0.05) is 6.92 Å². The van der Waals surface area contributed by atoms with Crippen LogP contribution in [0.3, 0.4) is 0 Å². The van der Waals surface area contributed by atoms with E-state index in [2.05, 4.69) is 0 Å². The first kappa shape index (κ1) is 10.8. The van der Waals surface area contributed by atoms with Gasteiger partial charge in [0.05, 0.1) is 0 Å². The molecular formula is C8H13FO3S. The Labute approximate surface area is 80.3 Å². The highest BCUT2D eigenvalue weighted by atomic mass is 32.2. The number of rotatable bonds is 2. The molecule has 1 saturated heterocycles. The topological polar surface area (TPSA) is 57.5 Å². The highest BCUT2D eigenvalue weighted by Crippen LogP contribution is 2.37. The fourth-order valence-electron chi connectivity index (χ4n) is 1.51. The van der Waals surface area contributed by atoms with Gasteiger partial charge in [-0.15, -0.1) is 0 Å². The molecule has 76 valence electrons. The Morgan fingerprint density at radius 3 is 2.85 bits per heavy atom. The Kier molecular flexibility index (Phi) is 3.18. The molecule has 0 aliphatic carbocycles. The minimum Gasteiger partial charge on any atom is -0.479 e. The molecule has 1 rings (SSSR count). The number of aliphatic carboxylic acids is 1. The molecule has 0 aromatic rings. The summed E-state index contributed by atoms with van der Waals surface area (Å²) in [6, 6.07) is 0. The van der Waals surface area contributed by atoms with Gasteiger partial charge in [0.1, 0.15) is 5.60 Å². The molecule has 1 aliphatic rings. The number of thioether (sulfide) groups is 1. The first-order valence-electron chi connectivity index (χ1n) is 4.19. The third-order valence-corrected chi connectivity index (χ3v) is 3.88. The summed E-state index contributed by atoms with van der Waals surface area (Å²) in [6.45, 7) is 1.67. The zero-order valence-corrected chi connectivity index (χ0v) is 8.18. The Hall–Kier alpha value is -0.290. The van der Waals surface area contributed by atoms with Crippen LogP contribution in [0, 0.1) is 0 Å². The van der Waals surface area contributed by atoms with Crippen molar-refractivity contribution in [2.24, 2.45) is 0 Å². The van der Waals surface area contributed by atoms with Crippen LogP contribution in [-0.4, -0.2) is 39.0 Å². The van der Waals surface area contributed by atoms with Gasteiger partial charge in [0, 0.05) is 5.25 Å². The standard InChI is InChI=1S/C8H13FO3S/c1-5-8(12,3-2-4-13-5)6(9)7(10)11/h5-6,12H,2-4H2,1H3,(H,10,11). The normalized spacial score (nSPS) is 37.0. The van der Waals surface area contributed by atoms with Crippen molar-refractivity contribution in [1.29, 1.82) is 0 Å². The number of carboxylic acids is 1. The van der Waals surface area contributed by atoms with Crippen molar-refractivity contribution < 1.29 is 19.4 Å². The quantitative estimate of drug-likeness (QED) is 0.712.